The van der Waals surface area contributed by atoms with E-state index in [2.05, 4.69) is 23.9 Å². The Labute approximate surface area is 85.3 Å². The molecule has 0 aliphatic rings. The summed E-state index contributed by atoms with van der Waals surface area (Å²) in [5, 5.41) is 3.08. The Balaban J connectivity index is 3.92. The minimum atomic E-state index is -0.363. The van der Waals surface area contributed by atoms with Gasteiger partial charge in [0.05, 0.1) is 19.8 Å². The maximum atomic E-state index is 10.7. The van der Waals surface area contributed by atoms with Crippen LogP contribution in [0.1, 0.15) is 13.8 Å². The maximum Gasteiger partial charge on any atom is 0.331 e. The molecule has 0 aromatic heterocycles. The summed E-state index contributed by atoms with van der Waals surface area (Å²) in [6, 6.07) is 0.209. The van der Waals surface area contributed by atoms with Crippen molar-refractivity contribution in [1.82, 2.24) is 5.32 Å². The molecule has 0 saturated carbocycles. The first kappa shape index (κ1) is 13.0. The summed E-state index contributed by atoms with van der Waals surface area (Å²) in [5.74, 6) is 0.0784. The van der Waals surface area contributed by atoms with Gasteiger partial charge in [-0.1, -0.05) is 13.8 Å². The molecule has 0 aromatic carbocycles. The highest BCUT2D eigenvalue weighted by Crippen LogP contribution is 2.01. The number of hydrogen-bond donors (Lipinski definition) is 1. The van der Waals surface area contributed by atoms with Crippen molar-refractivity contribution in [2.45, 2.75) is 19.9 Å². The molecule has 0 aliphatic heterocycles. The van der Waals surface area contributed by atoms with E-state index in [0.717, 1.165) is 0 Å². The summed E-state index contributed by atoms with van der Waals surface area (Å²) >= 11 is 0. The highest BCUT2D eigenvalue weighted by Gasteiger charge is 2.10. The quantitative estimate of drug-likeness (QED) is 0.513. The predicted octanol–water partition coefficient (Wildman–Crippen LogP) is 0.934. The van der Waals surface area contributed by atoms with Gasteiger partial charge in [-0.25, -0.2) is 4.79 Å². The summed E-state index contributed by atoms with van der Waals surface area (Å²) in [6.45, 7) is 4.79. The molecule has 0 saturated heterocycles. The van der Waals surface area contributed by atoms with E-state index in [-0.39, 0.29) is 12.0 Å². The molecule has 14 heavy (non-hydrogen) atoms. The average molecular weight is 201 g/mol. The predicted molar refractivity (Wildman–Crippen MR) is 54.8 cm³/mol. The van der Waals surface area contributed by atoms with Gasteiger partial charge in [-0.3, -0.25) is 0 Å². The van der Waals surface area contributed by atoms with Crippen molar-refractivity contribution >= 4 is 5.97 Å². The van der Waals surface area contributed by atoms with Crippen LogP contribution < -0.4 is 5.32 Å². The third kappa shape index (κ3) is 5.59. The van der Waals surface area contributed by atoms with Gasteiger partial charge >= 0.3 is 5.97 Å². The van der Waals surface area contributed by atoms with Crippen molar-refractivity contribution in [2.75, 3.05) is 20.8 Å². The van der Waals surface area contributed by atoms with E-state index in [1.807, 2.05) is 0 Å². The lowest BCUT2D eigenvalue weighted by Gasteiger charge is -2.19. The van der Waals surface area contributed by atoms with Gasteiger partial charge in [0.15, 0.2) is 0 Å². The largest absolute Gasteiger partial charge is 0.466 e. The van der Waals surface area contributed by atoms with Crippen LogP contribution in [-0.4, -0.2) is 32.8 Å². The fourth-order valence-electron chi connectivity index (χ4n) is 0.920. The summed E-state index contributed by atoms with van der Waals surface area (Å²) in [5.41, 5.74) is 0. The van der Waals surface area contributed by atoms with E-state index in [4.69, 9.17) is 4.74 Å². The molecular formula is C10H19NO3. The first-order valence-corrected chi connectivity index (χ1v) is 4.61. The van der Waals surface area contributed by atoms with Crippen molar-refractivity contribution in [2.24, 2.45) is 5.92 Å². The van der Waals surface area contributed by atoms with Gasteiger partial charge in [0.2, 0.25) is 0 Å². The minimum Gasteiger partial charge on any atom is -0.466 e. The summed E-state index contributed by atoms with van der Waals surface area (Å²) in [7, 11) is 3.00. The van der Waals surface area contributed by atoms with Gasteiger partial charge in [0, 0.05) is 19.4 Å². The van der Waals surface area contributed by atoms with Crippen LogP contribution >= 0.6 is 0 Å². The summed E-state index contributed by atoms with van der Waals surface area (Å²) in [6.07, 6.45) is 2.94. The highest BCUT2D eigenvalue weighted by atomic mass is 16.5. The van der Waals surface area contributed by atoms with Crippen LogP contribution in [0.15, 0.2) is 12.3 Å². The van der Waals surface area contributed by atoms with Crippen LogP contribution in [-0.2, 0) is 14.3 Å². The fourth-order valence-corrected chi connectivity index (χ4v) is 0.920. The van der Waals surface area contributed by atoms with Crippen LogP contribution in [0.5, 0.6) is 0 Å². The summed E-state index contributed by atoms with van der Waals surface area (Å²) < 4.78 is 9.49. The zero-order valence-corrected chi connectivity index (χ0v) is 9.24. The standard InChI is InChI=1S/C10H19NO3/c1-8(2)9(7-13-3)11-6-5-10(12)14-4/h5-6,8-9,11H,7H2,1-4H3/b6-5+. The molecule has 0 amide bonds. The molecule has 0 spiro atoms. The maximum absolute atomic E-state index is 10.7. The molecule has 0 aromatic rings. The average Bonchev–Trinajstić information content (AvgIpc) is 2.16. The van der Waals surface area contributed by atoms with Gasteiger partial charge in [-0.05, 0) is 5.92 Å². The number of carbonyl (C=O) groups excluding carboxylic acids is 1. The van der Waals surface area contributed by atoms with E-state index >= 15 is 0 Å². The van der Waals surface area contributed by atoms with Crippen molar-refractivity contribution in [3.05, 3.63) is 12.3 Å². The van der Waals surface area contributed by atoms with Gasteiger partial charge in [0.1, 0.15) is 0 Å². The molecule has 4 heteroatoms. The van der Waals surface area contributed by atoms with Crippen LogP contribution in [0, 0.1) is 5.92 Å². The zero-order valence-electron chi connectivity index (χ0n) is 9.24. The number of methoxy groups -OCH3 is 2. The second-order valence-electron chi connectivity index (χ2n) is 3.33. The topological polar surface area (TPSA) is 47.6 Å². The normalized spacial score (nSPS) is 13.2. The third-order valence-corrected chi connectivity index (χ3v) is 1.88. The Bertz CT molecular complexity index is 190. The number of ether oxygens (including phenoxy) is 2. The van der Waals surface area contributed by atoms with Crippen molar-refractivity contribution in [3.8, 4) is 0 Å². The second kappa shape index (κ2) is 7.38. The van der Waals surface area contributed by atoms with E-state index in [1.54, 1.807) is 13.3 Å². The Morgan fingerprint density at radius 3 is 2.50 bits per heavy atom. The molecular weight excluding hydrogens is 182 g/mol. The number of esters is 1. The molecule has 1 unspecified atom stereocenters. The molecule has 0 heterocycles. The third-order valence-electron chi connectivity index (χ3n) is 1.88. The molecule has 0 radical (unpaired) electrons. The first-order chi connectivity index (χ1) is 6.61. The molecule has 1 atom stereocenters. The van der Waals surface area contributed by atoms with Crippen LogP contribution in [0.2, 0.25) is 0 Å². The van der Waals surface area contributed by atoms with E-state index < -0.39 is 0 Å². The molecule has 82 valence electrons. The van der Waals surface area contributed by atoms with E-state index in [0.29, 0.717) is 12.5 Å². The Morgan fingerprint density at radius 2 is 2.07 bits per heavy atom. The minimum absolute atomic E-state index is 0.209. The molecule has 1 N–H and O–H groups in total. The van der Waals surface area contributed by atoms with E-state index in [9.17, 15) is 4.79 Å². The molecule has 0 fully saturated rings. The van der Waals surface area contributed by atoms with Gasteiger partial charge < -0.3 is 14.8 Å². The lowest BCUT2D eigenvalue weighted by Crippen LogP contribution is -2.34. The van der Waals surface area contributed by atoms with Gasteiger partial charge in [-0.2, -0.15) is 0 Å². The smallest absolute Gasteiger partial charge is 0.331 e. The Kier molecular flexibility index (Phi) is 6.84. The van der Waals surface area contributed by atoms with Gasteiger partial charge in [0.25, 0.3) is 0 Å². The number of rotatable bonds is 6. The molecule has 0 aliphatic carbocycles. The lowest BCUT2D eigenvalue weighted by molar-refractivity contribution is -0.134. The molecule has 4 nitrogen and oxygen atoms in total. The Morgan fingerprint density at radius 1 is 1.43 bits per heavy atom. The van der Waals surface area contributed by atoms with Crippen molar-refractivity contribution in [3.63, 3.8) is 0 Å². The first-order valence-electron chi connectivity index (χ1n) is 4.61. The van der Waals surface area contributed by atoms with Crippen LogP contribution in [0.3, 0.4) is 0 Å². The Hall–Kier alpha value is -1.03. The van der Waals surface area contributed by atoms with Crippen LogP contribution in [0.4, 0.5) is 0 Å². The number of carbonyl (C=O) groups is 1. The lowest BCUT2D eigenvalue weighted by atomic mass is 10.1. The summed E-state index contributed by atoms with van der Waals surface area (Å²) in [4.78, 5) is 10.7. The molecule has 0 bridgehead atoms. The zero-order chi connectivity index (χ0) is 11.0. The van der Waals surface area contributed by atoms with Crippen molar-refractivity contribution in [1.29, 1.82) is 0 Å². The van der Waals surface area contributed by atoms with Crippen LogP contribution in [0.25, 0.3) is 0 Å². The number of nitrogens with one attached hydrogen (secondary N) is 1. The highest BCUT2D eigenvalue weighted by molar-refractivity contribution is 5.81. The van der Waals surface area contributed by atoms with E-state index in [1.165, 1.54) is 13.2 Å². The number of hydrogen-bond acceptors (Lipinski definition) is 4. The second-order valence-corrected chi connectivity index (χ2v) is 3.33. The van der Waals surface area contributed by atoms with Gasteiger partial charge in [-0.15, -0.1) is 0 Å². The molecule has 0 rings (SSSR count). The SMILES string of the molecule is COCC(N/C=C/C(=O)OC)C(C)C. The fraction of sp³-hybridized carbons (Fsp3) is 0.700. The van der Waals surface area contributed by atoms with Crippen molar-refractivity contribution < 1.29 is 14.3 Å². The monoisotopic (exact) mass is 201 g/mol.